The maximum absolute atomic E-state index is 13.6. The van der Waals surface area contributed by atoms with E-state index < -0.39 is 14.8 Å². The number of sulfonamides is 1. The summed E-state index contributed by atoms with van der Waals surface area (Å²) in [6.07, 6.45) is 3.55. The van der Waals surface area contributed by atoms with Gasteiger partial charge in [0.1, 0.15) is 5.82 Å². The van der Waals surface area contributed by atoms with Crippen LogP contribution in [0.25, 0.3) is 0 Å². The average Bonchev–Trinajstić information content (AvgIpc) is 2.46. The lowest BCUT2D eigenvalue weighted by atomic mass is 9.86. The van der Waals surface area contributed by atoms with E-state index in [1.165, 1.54) is 6.07 Å². The third-order valence-electron chi connectivity index (χ3n) is 4.43. The molecule has 0 amide bonds. The van der Waals surface area contributed by atoms with Crippen molar-refractivity contribution >= 4 is 15.7 Å². The Morgan fingerprint density at radius 2 is 1.74 bits per heavy atom. The Balaban J connectivity index is 1.79. The number of rotatable bonds is 5. The summed E-state index contributed by atoms with van der Waals surface area (Å²) in [4.78, 5) is 0. The van der Waals surface area contributed by atoms with E-state index in [4.69, 9.17) is 0 Å². The van der Waals surface area contributed by atoms with Crippen molar-refractivity contribution in [1.29, 1.82) is 0 Å². The van der Waals surface area contributed by atoms with E-state index in [1.54, 1.807) is 32.9 Å². The molecule has 2 N–H and O–H groups in total. The third kappa shape index (κ3) is 4.91. The fourth-order valence-corrected chi connectivity index (χ4v) is 3.77. The SMILES string of the molecule is CC(C)(C)S(=O)(=O)N[C@H]1CC[C@H](CNc2ccccc2F)CC1. The van der Waals surface area contributed by atoms with Crippen molar-refractivity contribution in [1.82, 2.24) is 4.72 Å². The van der Waals surface area contributed by atoms with Gasteiger partial charge in [0.2, 0.25) is 10.0 Å². The fraction of sp³-hybridized carbons (Fsp3) is 0.647. The van der Waals surface area contributed by atoms with E-state index in [9.17, 15) is 12.8 Å². The third-order valence-corrected chi connectivity index (χ3v) is 6.69. The fourth-order valence-electron chi connectivity index (χ4n) is 2.74. The zero-order valence-corrected chi connectivity index (χ0v) is 14.9. The molecule has 130 valence electrons. The van der Waals surface area contributed by atoms with Gasteiger partial charge in [-0.2, -0.15) is 0 Å². The van der Waals surface area contributed by atoms with Crippen molar-refractivity contribution in [3.8, 4) is 0 Å². The van der Waals surface area contributed by atoms with Crippen LogP contribution in [-0.2, 0) is 10.0 Å². The van der Waals surface area contributed by atoms with Gasteiger partial charge in [0, 0.05) is 12.6 Å². The number of benzene rings is 1. The summed E-state index contributed by atoms with van der Waals surface area (Å²) >= 11 is 0. The van der Waals surface area contributed by atoms with Crippen LogP contribution in [0.1, 0.15) is 46.5 Å². The van der Waals surface area contributed by atoms with Crippen LogP contribution in [0.4, 0.5) is 10.1 Å². The van der Waals surface area contributed by atoms with Crippen LogP contribution in [0.15, 0.2) is 24.3 Å². The molecule has 23 heavy (non-hydrogen) atoms. The van der Waals surface area contributed by atoms with E-state index in [1.807, 2.05) is 6.07 Å². The summed E-state index contributed by atoms with van der Waals surface area (Å²) in [5.41, 5.74) is 0.531. The van der Waals surface area contributed by atoms with E-state index in [0.717, 1.165) is 32.2 Å². The van der Waals surface area contributed by atoms with Crippen molar-refractivity contribution in [3.63, 3.8) is 0 Å². The first kappa shape index (κ1) is 18.2. The summed E-state index contributed by atoms with van der Waals surface area (Å²) in [6.45, 7) is 5.84. The molecule has 1 fully saturated rings. The molecule has 2 rings (SSSR count). The molecule has 6 heteroatoms. The number of hydrogen-bond donors (Lipinski definition) is 2. The lowest BCUT2D eigenvalue weighted by Gasteiger charge is -2.31. The second-order valence-corrected chi connectivity index (χ2v) is 9.78. The van der Waals surface area contributed by atoms with Gasteiger partial charge in [0.05, 0.1) is 10.4 Å². The van der Waals surface area contributed by atoms with Gasteiger partial charge >= 0.3 is 0 Å². The summed E-state index contributed by atoms with van der Waals surface area (Å²) in [5, 5.41) is 3.16. The van der Waals surface area contributed by atoms with Crippen molar-refractivity contribution in [3.05, 3.63) is 30.1 Å². The largest absolute Gasteiger partial charge is 0.382 e. The highest BCUT2D eigenvalue weighted by Crippen LogP contribution is 2.27. The summed E-state index contributed by atoms with van der Waals surface area (Å²) in [6, 6.07) is 6.68. The molecule has 1 saturated carbocycles. The Bertz CT molecular complexity index is 618. The molecule has 0 atom stereocenters. The van der Waals surface area contributed by atoms with E-state index in [2.05, 4.69) is 10.0 Å². The Kier molecular flexibility index (Phi) is 5.68. The summed E-state index contributed by atoms with van der Waals surface area (Å²) < 4.78 is 40.0. The normalized spacial score (nSPS) is 22.8. The summed E-state index contributed by atoms with van der Waals surface area (Å²) in [5.74, 6) is 0.212. The highest BCUT2D eigenvalue weighted by molar-refractivity contribution is 7.90. The monoisotopic (exact) mass is 342 g/mol. The number of nitrogens with one attached hydrogen (secondary N) is 2. The van der Waals surface area contributed by atoms with Crippen LogP contribution in [-0.4, -0.2) is 25.8 Å². The first-order chi connectivity index (χ1) is 10.7. The molecule has 0 bridgehead atoms. The molecule has 0 aromatic heterocycles. The van der Waals surface area contributed by atoms with Crippen molar-refractivity contribution in [2.75, 3.05) is 11.9 Å². The van der Waals surface area contributed by atoms with E-state index >= 15 is 0 Å². The van der Waals surface area contributed by atoms with Gasteiger partial charge in [-0.25, -0.2) is 17.5 Å². The first-order valence-electron chi connectivity index (χ1n) is 8.19. The van der Waals surface area contributed by atoms with Gasteiger partial charge in [-0.1, -0.05) is 12.1 Å². The Morgan fingerprint density at radius 1 is 1.13 bits per heavy atom. The van der Waals surface area contributed by atoms with Crippen LogP contribution >= 0.6 is 0 Å². The molecule has 0 saturated heterocycles. The van der Waals surface area contributed by atoms with Crippen molar-refractivity contribution in [2.45, 2.75) is 57.2 Å². The van der Waals surface area contributed by atoms with Crippen LogP contribution in [0.2, 0.25) is 0 Å². The maximum Gasteiger partial charge on any atom is 0.216 e. The first-order valence-corrected chi connectivity index (χ1v) is 9.67. The highest BCUT2D eigenvalue weighted by atomic mass is 32.2. The Morgan fingerprint density at radius 3 is 2.30 bits per heavy atom. The smallest absolute Gasteiger partial charge is 0.216 e. The predicted molar refractivity (Wildman–Crippen MR) is 92.4 cm³/mol. The second-order valence-electron chi connectivity index (χ2n) is 7.31. The minimum absolute atomic E-state index is 0.0175. The van der Waals surface area contributed by atoms with Crippen molar-refractivity contribution in [2.24, 2.45) is 5.92 Å². The van der Waals surface area contributed by atoms with Gasteiger partial charge in [-0.15, -0.1) is 0 Å². The molecule has 1 aromatic carbocycles. The van der Waals surface area contributed by atoms with Crippen LogP contribution < -0.4 is 10.0 Å². The lowest BCUT2D eigenvalue weighted by Crippen LogP contribution is -2.46. The number of hydrogen-bond acceptors (Lipinski definition) is 3. The summed E-state index contributed by atoms with van der Waals surface area (Å²) in [7, 11) is -3.29. The molecule has 0 unspecified atom stereocenters. The van der Waals surface area contributed by atoms with Gasteiger partial charge in [-0.05, 0) is 64.5 Å². The molecule has 0 radical (unpaired) electrons. The molecule has 4 nitrogen and oxygen atoms in total. The maximum atomic E-state index is 13.6. The zero-order valence-electron chi connectivity index (χ0n) is 14.1. The molecule has 1 aliphatic rings. The minimum atomic E-state index is -3.29. The molecular weight excluding hydrogens is 315 g/mol. The number of halogens is 1. The van der Waals surface area contributed by atoms with Crippen LogP contribution in [0, 0.1) is 11.7 Å². The Labute approximate surface area is 138 Å². The molecule has 0 spiro atoms. The van der Waals surface area contributed by atoms with Gasteiger partial charge < -0.3 is 5.32 Å². The number of anilines is 1. The minimum Gasteiger partial charge on any atom is -0.382 e. The number of para-hydroxylation sites is 1. The molecule has 0 heterocycles. The average molecular weight is 342 g/mol. The predicted octanol–water partition coefficient (Wildman–Crippen LogP) is 3.51. The van der Waals surface area contributed by atoms with Crippen LogP contribution in [0.5, 0.6) is 0 Å². The standard InChI is InChI=1S/C17H27FN2O2S/c1-17(2,3)23(21,22)20-14-10-8-13(9-11-14)12-19-16-7-5-4-6-15(16)18/h4-7,13-14,19-20H,8-12H2,1-3H3/t13-,14-. The van der Waals surface area contributed by atoms with Crippen LogP contribution in [0.3, 0.4) is 0 Å². The van der Waals surface area contributed by atoms with Crippen molar-refractivity contribution < 1.29 is 12.8 Å². The topological polar surface area (TPSA) is 58.2 Å². The van der Waals surface area contributed by atoms with E-state index in [-0.39, 0.29) is 11.9 Å². The van der Waals surface area contributed by atoms with E-state index in [0.29, 0.717) is 11.6 Å². The molecular formula is C17H27FN2O2S. The highest BCUT2D eigenvalue weighted by Gasteiger charge is 2.32. The molecule has 1 aromatic rings. The van der Waals surface area contributed by atoms with Gasteiger partial charge in [-0.3, -0.25) is 0 Å². The van der Waals surface area contributed by atoms with Gasteiger partial charge in [0.15, 0.2) is 0 Å². The second kappa shape index (κ2) is 7.18. The lowest BCUT2D eigenvalue weighted by molar-refractivity contribution is 0.322. The molecule has 0 aliphatic heterocycles. The Hall–Kier alpha value is -1.14. The zero-order chi connectivity index (χ0) is 17.1. The van der Waals surface area contributed by atoms with Gasteiger partial charge in [0.25, 0.3) is 0 Å². The quantitative estimate of drug-likeness (QED) is 0.861. The molecule has 1 aliphatic carbocycles.